The Morgan fingerprint density at radius 2 is 0.956 bits per heavy atom. The van der Waals surface area contributed by atoms with E-state index in [0.717, 1.165) is 127 Å². The van der Waals surface area contributed by atoms with Crippen LogP contribution >= 0.6 is 23.2 Å². The Balaban J connectivity index is 1.06. The average molecular weight is 960 g/mol. The summed E-state index contributed by atoms with van der Waals surface area (Å²) >= 11 is 13.2. The summed E-state index contributed by atoms with van der Waals surface area (Å²) in [7, 11) is 0. The smallest absolute Gasteiger partial charge is 0.158 e. The van der Waals surface area contributed by atoms with Crippen LogP contribution in [0.25, 0.3) is 27.5 Å². The van der Waals surface area contributed by atoms with Crippen LogP contribution in [-0.2, 0) is 13.1 Å². The molecular formula is C52H60Cl2N10O4. The van der Waals surface area contributed by atoms with Gasteiger partial charge in [-0.25, -0.2) is 19.9 Å². The van der Waals surface area contributed by atoms with Crippen LogP contribution in [0.15, 0.2) is 97.8 Å². The maximum absolute atomic E-state index is 6.60. The van der Waals surface area contributed by atoms with Crippen molar-refractivity contribution in [3.8, 4) is 28.7 Å². The fourth-order valence-corrected chi connectivity index (χ4v) is 10.1. The number of fused-ring (bicyclic) bond motifs is 2. The van der Waals surface area contributed by atoms with Crippen molar-refractivity contribution in [1.82, 2.24) is 34.3 Å². The highest BCUT2D eigenvalue weighted by Gasteiger charge is 2.38. The lowest BCUT2D eigenvalue weighted by atomic mass is 10.00. The van der Waals surface area contributed by atoms with Crippen LogP contribution in [-0.4, -0.2) is 99.0 Å². The van der Waals surface area contributed by atoms with E-state index in [1.165, 1.54) is 0 Å². The van der Waals surface area contributed by atoms with E-state index in [0.29, 0.717) is 53.7 Å². The number of rotatable bonds is 18. The number of nitrogens with two attached hydrogens (primary N) is 1. The molecule has 0 aliphatic carbocycles. The van der Waals surface area contributed by atoms with Gasteiger partial charge in [-0.3, -0.25) is 19.8 Å². The van der Waals surface area contributed by atoms with Gasteiger partial charge in [0, 0.05) is 72.5 Å². The first kappa shape index (κ1) is 47.0. The van der Waals surface area contributed by atoms with E-state index in [9.17, 15) is 0 Å². The summed E-state index contributed by atoms with van der Waals surface area (Å²) in [6, 6.07) is 24.3. The highest BCUT2D eigenvalue weighted by atomic mass is 35.5. The molecule has 2 aliphatic rings. The number of piperidine rings is 2. The van der Waals surface area contributed by atoms with Gasteiger partial charge in [0.25, 0.3) is 0 Å². The number of ether oxygens (including phenoxy) is 4. The number of nitrogens with zero attached hydrogens (tertiary/aromatic N) is 9. The van der Waals surface area contributed by atoms with Crippen molar-refractivity contribution in [1.29, 1.82) is 0 Å². The fraction of sp³-hybridized carbons (Fsp3) is 0.385. The third kappa shape index (κ3) is 10.2. The van der Waals surface area contributed by atoms with Gasteiger partial charge in [0.15, 0.2) is 11.6 Å². The van der Waals surface area contributed by atoms with E-state index in [1.54, 1.807) is 12.7 Å². The molecular weight excluding hydrogens is 900 g/mol. The molecule has 7 aromatic rings. The van der Waals surface area contributed by atoms with E-state index < -0.39 is 0 Å². The molecule has 0 unspecified atom stereocenters. The highest BCUT2D eigenvalue weighted by molar-refractivity contribution is 6.31. The van der Waals surface area contributed by atoms with Crippen molar-refractivity contribution in [2.75, 3.05) is 68.4 Å². The summed E-state index contributed by atoms with van der Waals surface area (Å²) < 4.78 is 26.5. The molecule has 9 rings (SSSR count). The molecule has 2 aliphatic heterocycles. The molecule has 0 spiro atoms. The molecule has 2 N–H and O–H groups in total. The zero-order chi connectivity index (χ0) is 47.1. The molecule has 14 nitrogen and oxygen atoms in total. The van der Waals surface area contributed by atoms with Gasteiger partial charge in [-0.05, 0) is 137 Å². The van der Waals surface area contributed by atoms with E-state index >= 15 is 0 Å². The van der Waals surface area contributed by atoms with E-state index in [4.69, 9.17) is 67.8 Å². The van der Waals surface area contributed by atoms with Crippen LogP contribution in [0.2, 0.25) is 10.0 Å². The maximum atomic E-state index is 6.60. The van der Waals surface area contributed by atoms with Gasteiger partial charge in [0.05, 0.1) is 49.5 Å². The first-order chi connectivity index (χ1) is 33.2. The molecule has 0 saturated carbocycles. The number of nitrogen functional groups attached to an aromatic ring is 1. The Kier molecular flexibility index (Phi) is 14.9. The van der Waals surface area contributed by atoms with Gasteiger partial charge in [0.1, 0.15) is 47.0 Å². The Morgan fingerprint density at radius 3 is 1.37 bits per heavy atom. The zero-order valence-corrected chi connectivity index (χ0v) is 40.8. The molecule has 3 aromatic heterocycles. The van der Waals surface area contributed by atoms with Crippen LogP contribution in [0.4, 0.5) is 17.3 Å². The monoisotopic (exact) mass is 958 g/mol. The number of aromatic nitrogens is 5. The number of hydrazine groups is 1. The molecule has 2 fully saturated rings. The summed E-state index contributed by atoms with van der Waals surface area (Å²) in [5, 5.41) is 7.92. The zero-order valence-electron chi connectivity index (χ0n) is 39.3. The quantitative estimate of drug-likeness (QED) is 0.0647. The van der Waals surface area contributed by atoms with Crippen molar-refractivity contribution < 1.29 is 18.9 Å². The number of hydrogen-bond donors (Lipinski definition) is 1. The second kappa shape index (κ2) is 21.5. The summed E-state index contributed by atoms with van der Waals surface area (Å²) in [4.78, 5) is 24.7. The van der Waals surface area contributed by atoms with Crippen LogP contribution in [0.3, 0.4) is 0 Å². The van der Waals surface area contributed by atoms with Gasteiger partial charge in [-0.15, -0.1) is 0 Å². The SMILES string of the molecule is CCOc1cc(CN2CCC(N(c3ncnc4cc(Cl)ccc34)N(c3ncnc4cc(Cl)ccc34)C3CCN(Cc4cc(OCC)c(-n5cccc5)c(OCC)c4)CC3)CC2)cc(OCC)c1N. The molecule has 356 valence electrons. The van der Waals surface area contributed by atoms with Crippen molar-refractivity contribution in [3.63, 3.8) is 0 Å². The molecule has 0 amide bonds. The summed E-state index contributed by atoms with van der Waals surface area (Å²) in [6.07, 6.45) is 10.8. The van der Waals surface area contributed by atoms with E-state index in [-0.39, 0.29) is 12.1 Å². The Bertz CT molecular complexity index is 2760. The van der Waals surface area contributed by atoms with Gasteiger partial charge < -0.3 is 29.2 Å². The minimum Gasteiger partial charge on any atom is -0.492 e. The highest BCUT2D eigenvalue weighted by Crippen LogP contribution is 2.40. The molecule has 2 saturated heterocycles. The Morgan fingerprint density at radius 1 is 0.559 bits per heavy atom. The number of benzene rings is 4. The van der Waals surface area contributed by atoms with Crippen LogP contribution in [0.1, 0.15) is 64.5 Å². The molecule has 5 heterocycles. The largest absolute Gasteiger partial charge is 0.492 e. The van der Waals surface area contributed by atoms with E-state index in [2.05, 4.69) is 36.5 Å². The first-order valence-electron chi connectivity index (χ1n) is 23.8. The van der Waals surface area contributed by atoms with Crippen molar-refractivity contribution in [2.24, 2.45) is 0 Å². The molecule has 4 aromatic carbocycles. The van der Waals surface area contributed by atoms with Crippen molar-refractivity contribution in [2.45, 2.75) is 78.6 Å². The minimum absolute atomic E-state index is 0.0487. The predicted octanol–water partition coefficient (Wildman–Crippen LogP) is 10.4. The van der Waals surface area contributed by atoms with Gasteiger partial charge in [-0.1, -0.05) is 23.2 Å². The summed E-state index contributed by atoms with van der Waals surface area (Å²) in [5.74, 6) is 4.54. The molecule has 0 bridgehead atoms. The number of anilines is 3. The summed E-state index contributed by atoms with van der Waals surface area (Å²) in [6.45, 7) is 15.0. The average Bonchev–Trinajstić information content (AvgIpc) is 3.88. The van der Waals surface area contributed by atoms with E-state index in [1.807, 2.05) is 101 Å². The second-order valence-corrected chi connectivity index (χ2v) is 18.1. The lowest BCUT2D eigenvalue weighted by Gasteiger charge is -2.50. The second-order valence-electron chi connectivity index (χ2n) is 17.2. The number of halogens is 2. The van der Waals surface area contributed by atoms with Gasteiger partial charge >= 0.3 is 0 Å². The third-order valence-electron chi connectivity index (χ3n) is 12.8. The van der Waals surface area contributed by atoms with Gasteiger partial charge in [0.2, 0.25) is 0 Å². The van der Waals surface area contributed by atoms with Crippen LogP contribution < -0.4 is 34.7 Å². The van der Waals surface area contributed by atoms with Gasteiger partial charge in [-0.2, -0.15) is 0 Å². The number of likely N-dealkylation sites (tertiary alicyclic amines) is 2. The lowest BCUT2D eigenvalue weighted by Crippen LogP contribution is -2.59. The molecule has 16 heteroatoms. The normalized spacial score (nSPS) is 15.2. The standard InChI is InChI=1S/C52H60Cl2N10O4/c1-5-65-45-25-35(26-46(49(45)55)66-6-2)31-60-21-15-39(16-22-60)63(51-41-13-11-37(53)29-43(41)56-33-58-51)64(52-42-14-12-38(54)30-44(42)57-34-59-52)40-17-23-61(24-18-40)32-36-27-47(67-7-3)50(48(28-36)68-8-4)62-19-9-10-20-62/h9-14,19-20,25-30,33-34,39-40H,5-8,15-18,21-24,31-32,55H2,1-4H3. The fourth-order valence-electron chi connectivity index (χ4n) is 9.75. The molecule has 68 heavy (non-hydrogen) atoms. The van der Waals surface area contributed by atoms with Crippen LogP contribution in [0, 0.1) is 0 Å². The first-order valence-corrected chi connectivity index (χ1v) is 24.6. The lowest BCUT2D eigenvalue weighted by molar-refractivity contribution is 0.183. The minimum atomic E-state index is 0.0487. The summed E-state index contributed by atoms with van der Waals surface area (Å²) in [5.41, 5.74) is 11.7. The predicted molar refractivity (Wildman–Crippen MR) is 272 cm³/mol. The van der Waals surface area contributed by atoms with Crippen molar-refractivity contribution >= 4 is 62.3 Å². The number of hydrogen-bond acceptors (Lipinski definition) is 13. The van der Waals surface area contributed by atoms with Crippen molar-refractivity contribution in [3.05, 3.63) is 119 Å². The third-order valence-corrected chi connectivity index (χ3v) is 13.2. The maximum Gasteiger partial charge on any atom is 0.158 e. The van der Waals surface area contributed by atoms with Crippen LogP contribution in [0.5, 0.6) is 23.0 Å². The Labute approximate surface area is 408 Å². The molecule has 0 atom stereocenters. The Hall–Kier alpha value is -6.06. The topological polar surface area (TPSA) is 132 Å². The molecule has 0 radical (unpaired) electrons.